The molecule has 0 unspecified atom stereocenters. The second kappa shape index (κ2) is 6.65. The van der Waals surface area contributed by atoms with Gasteiger partial charge in [-0.1, -0.05) is 0 Å². The molecule has 0 spiro atoms. The molecule has 1 rings (SSSR count). The summed E-state index contributed by atoms with van der Waals surface area (Å²) < 4.78 is 12.3. The highest BCUT2D eigenvalue weighted by atomic mass is 16.6. The average molecular weight is 248 g/mol. The van der Waals surface area contributed by atoms with Crippen molar-refractivity contribution in [1.82, 2.24) is 5.31 Å². The molecule has 1 saturated heterocycles. The van der Waals surface area contributed by atoms with Crippen LogP contribution in [-0.4, -0.2) is 65.1 Å². The molecule has 1 aliphatic heterocycles. The van der Waals surface area contributed by atoms with E-state index in [4.69, 9.17) is 11.3 Å². The van der Waals surface area contributed by atoms with Gasteiger partial charge in [-0.05, 0) is 19.4 Å². The fourth-order valence-electron chi connectivity index (χ4n) is 1.59. The molecule has 0 aromatic rings. The fraction of sp³-hybridized carbons (Fsp3) is 0.800. The molecule has 0 radical (unpaired) electrons. The number of ether oxygens (including phenoxy) is 1. The van der Waals surface area contributed by atoms with Crippen molar-refractivity contribution in [2.75, 3.05) is 13.2 Å². The zero-order valence-corrected chi connectivity index (χ0v) is 9.23. The van der Waals surface area contributed by atoms with E-state index in [1.807, 2.05) is 0 Å². The smallest absolute Gasteiger partial charge is 0.323 e. The van der Waals surface area contributed by atoms with Gasteiger partial charge in [-0.25, -0.2) is 0 Å². The summed E-state index contributed by atoms with van der Waals surface area (Å²) in [6.07, 6.45) is -3.54. The first-order chi connectivity index (χ1) is 8.51. The normalized spacial score (nSPS) is 27.0. The van der Waals surface area contributed by atoms with Crippen LogP contribution < -0.4 is 5.31 Å². The Morgan fingerprint density at radius 1 is 1.65 bits per heavy atom. The van der Waals surface area contributed by atoms with E-state index in [0.29, 0.717) is 19.4 Å². The van der Waals surface area contributed by atoms with Crippen molar-refractivity contribution in [2.45, 2.75) is 37.2 Å². The summed E-state index contributed by atoms with van der Waals surface area (Å²) in [6, 6.07) is -0.766. The first-order valence-electron chi connectivity index (χ1n) is 5.84. The number of aliphatic hydroxyl groups excluding tert-OH is 3. The van der Waals surface area contributed by atoms with Crippen molar-refractivity contribution < 1.29 is 31.1 Å². The number of aliphatic hydroxyl groups is 3. The van der Waals surface area contributed by atoms with E-state index < -0.39 is 36.9 Å². The maximum absolute atomic E-state index is 11.7. The van der Waals surface area contributed by atoms with Gasteiger partial charge in [0, 0.05) is 0 Å². The van der Waals surface area contributed by atoms with Crippen LogP contribution in [0.3, 0.4) is 0 Å². The monoisotopic (exact) mass is 248 g/mol. The molecule has 1 heterocycles. The van der Waals surface area contributed by atoms with E-state index in [0.717, 1.165) is 5.31 Å². The Bertz CT molecular complexity index is 302. The molecule has 17 heavy (non-hydrogen) atoms. The fourth-order valence-corrected chi connectivity index (χ4v) is 1.59. The van der Waals surface area contributed by atoms with Crippen LogP contribution in [0.15, 0.2) is 0 Å². The van der Waals surface area contributed by atoms with E-state index in [-0.39, 0.29) is 6.29 Å². The lowest BCUT2D eigenvalue weighted by molar-refractivity contribution is -0.169. The van der Waals surface area contributed by atoms with Crippen molar-refractivity contribution in [3.05, 3.63) is 0 Å². The molecule has 0 aliphatic carbocycles. The summed E-state index contributed by atoms with van der Waals surface area (Å²) in [6.45, 7) is -0.318. The molecule has 4 atom stereocenters. The van der Waals surface area contributed by atoms with Crippen LogP contribution in [0.2, 0.25) is 1.41 Å². The molecule has 0 aromatic carbocycles. The lowest BCUT2D eigenvalue weighted by Gasteiger charge is -2.24. The largest absolute Gasteiger partial charge is 0.455 e. The second-order valence-corrected chi connectivity index (χ2v) is 3.84. The topological polar surface area (TPSA) is 116 Å². The van der Waals surface area contributed by atoms with Gasteiger partial charge in [0.1, 0.15) is 19.7 Å². The number of rotatable bonds is 6. The van der Waals surface area contributed by atoms with Gasteiger partial charge >= 0.3 is 5.97 Å². The number of carbonyl (C=O) groups is 2. The van der Waals surface area contributed by atoms with Crippen molar-refractivity contribution >= 4 is 12.3 Å². The summed E-state index contributed by atoms with van der Waals surface area (Å²) in [5.41, 5.74) is 0. The Balaban J connectivity index is 2.65. The van der Waals surface area contributed by atoms with Crippen molar-refractivity contribution in [2.24, 2.45) is 0 Å². The molecule has 7 heteroatoms. The van der Waals surface area contributed by atoms with Crippen LogP contribution >= 0.6 is 0 Å². The minimum atomic E-state index is -1.71. The zero-order valence-electron chi connectivity index (χ0n) is 10.2. The molecular weight excluding hydrogens is 230 g/mol. The minimum absolute atomic E-state index is 0.115. The summed E-state index contributed by atoms with van der Waals surface area (Å²) in [4.78, 5) is 22.2. The van der Waals surface area contributed by atoms with Crippen LogP contribution in [0.25, 0.3) is 0 Å². The van der Waals surface area contributed by atoms with E-state index in [9.17, 15) is 19.8 Å². The number of hydrogen-bond acceptors (Lipinski definition) is 7. The third-order valence-electron chi connectivity index (χ3n) is 2.55. The summed E-state index contributed by atoms with van der Waals surface area (Å²) in [7, 11) is 0. The highest BCUT2D eigenvalue weighted by molar-refractivity contribution is 5.76. The number of nitrogens with one attached hydrogen (secondary N) is 1. The van der Waals surface area contributed by atoms with Crippen LogP contribution in [-0.2, 0) is 14.3 Å². The van der Waals surface area contributed by atoms with Gasteiger partial charge in [0.15, 0.2) is 12.4 Å². The number of carbonyl (C=O) groups excluding carboxylic acids is 2. The molecule has 98 valence electrons. The molecule has 0 saturated carbocycles. The maximum Gasteiger partial charge on any atom is 0.323 e. The Morgan fingerprint density at radius 2 is 2.35 bits per heavy atom. The lowest BCUT2D eigenvalue weighted by atomic mass is 10.1. The summed E-state index contributed by atoms with van der Waals surface area (Å²) in [5.74, 6) is -0.791. The number of hydrogen-bond donors (Lipinski definition) is 4. The van der Waals surface area contributed by atoms with Crippen molar-refractivity contribution in [3.8, 4) is 0 Å². The molecule has 1 aliphatic rings. The predicted molar refractivity (Wildman–Crippen MR) is 56.1 cm³/mol. The first kappa shape index (κ1) is 12.4. The number of esters is 1. The summed E-state index contributed by atoms with van der Waals surface area (Å²) in [5, 5.41) is 28.5. The molecular formula is C10H17NO6. The minimum Gasteiger partial charge on any atom is -0.455 e. The van der Waals surface area contributed by atoms with Crippen molar-refractivity contribution in [1.29, 1.82) is 0 Å². The van der Waals surface area contributed by atoms with Crippen LogP contribution in [0.5, 0.6) is 0 Å². The Morgan fingerprint density at radius 3 is 2.82 bits per heavy atom. The Hall–Kier alpha value is -1.02. The van der Waals surface area contributed by atoms with Gasteiger partial charge in [-0.2, -0.15) is 0 Å². The predicted octanol–water partition coefficient (Wildman–Crippen LogP) is -2.44. The number of aldehydes is 1. The third-order valence-corrected chi connectivity index (χ3v) is 2.55. The van der Waals surface area contributed by atoms with E-state index in [1.54, 1.807) is 0 Å². The quantitative estimate of drug-likeness (QED) is 0.305. The summed E-state index contributed by atoms with van der Waals surface area (Å²) >= 11 is 0. The Kier molecular flexibility index (Phi) is 4.87. The van der Waals surface area contributed by atoms with E-state index in [1.165, 1.54) is 0 Å². The highest BCUT2D eigenvalue weighted by Gasteiger charge is 2.33. The van der Waals surface area contributed by atoms with Gasteiger partial charge in [-0.3, -0.25) is 4.79 Å². The molecule has 4 N–H and O–H groups in total. The zero-order chi connectivity index (χ0) is 13.7. The third kappa shape index (κ3) is 3.74. The molecule has 0 bridgehead atoms. The second-order valence-electron chi connectivity index (χ2n) is 3.84. The standard InChI is InChI=1S/C10H17NO6/c12-4-7(14)9(8(15)5-13)17-10(16)6-2-1-3-11-6/h4,6-9,11,13-15H,1-3,5H2/t6-,7-,8+,9-/m0/s1/i/hD. The van der Waals surface area contributed by atoms with Gasteiger partial charge < -0.3 is 30.2 Å². The van der Waals surface area contributed by atoms with Gasteiger partial charge in [-0.15, -0.1) is 0 Å². The maximum atomic E-state index is 11.7. The van der Waals surface area contributed by atoms with Gasteiger partial charge in [0.25, 0.3) is 0 Å². The van der Waals surface area contributed by atoms with Crippen LogP contribution in [0, 0.1) is 0 Å². The lowest BCUT2D eigenvalue weighted by Crippen LogP contribution is -2.46. The van der Waals surface area contributed by atoms with Crippen LogP contribution in [0.4, 0.5) is 0 Å². The average Bonchev–Trinajstić information content (AvgIpc) is 2.80. The Labute approximate surface area is 99.9 Å². The molecule has 0 amide bonds. The molecule has 0 aromatic heterocycles. The van der Waals surface area contributed by atoms with E-state index >= 15 is 0 Å². The molecule has 1 fully saturated rings. The molecule has 7 nitrogen and oxygen atoms in total. The van der Waals surface area contributed by atoms with Gasteiger partial charge in [0.05, 0.1) is 6.61 Å². The highest BCUT2D eigenvalue weighted by Crippen LogP contribution is 2.11. The van der Waals surface area contributed by atoms with Gasteiger partial charge in [0.2, 0.25) is 0 Å². The van der Waals surface area contributed by atoms with E-state index in [2.05, 4.69) is 0 Å². The first-order valence-corrected chi connectivity index (χ1v) is 5.39. The van der Waals surface area contributed by atoms with Crippen LogP contribution in [0.1, 0.15) is 12.8 Å². The SMILES string of the molecule is [2H]N1CCC[C@H]1C(=O)O[C@H]([C@H](O)CO)[C@@H](O)C=O. The van der Waals surface area contributed by atoms with Crippen molar-refractivity contribution in [3.63, 3.8) is 0 Å².